The van der Waals surface area contributed by atoms with Gasteiger partial charge in [0.05, 0.1) is 5.56 Å². The quantitative estimate of drug-likeness (QED) is 0.366. The van der Waals surface area contributed by atoms with Crippen LogP contribution < -0.4 is 41.9 Å². The van der Waals surface area contributed by atoms with Crippen molar-refractivity contribution in [3.8, 4) is 5.75 Å². The first-order chi connectivity index (χ1) is 17.2. The van der Waals surface area contributed by atoms with Crippen molar-refractivity contribution in [3.63, 3.8) is 0 Å². The Kier molecular flexibility index (Phi) is 8.19. The van der Waals surface area contributed by atoms with Crippen molar-refractivity contribution in [1.29, 1.82) is 0 Å². The van der Waals surface area contributed by atoms with Gasteiger partial charge in [0.15, 0.2) is 0 Å². The summed E-state index contributed by atoms with van der Waals surface area (Å²) in [5, 5.41) is 8.44. The fourth-order valence-corrected chi connectivity index (χ4v) is 5.96. The molecule has 7 nitrogen and oxygen atoms in total. The zero-order chi connectivity index (χ0) is 25.7. The molecule has 2 heterocycles. The van der Waals surface area contributed by atoms with Crippen molar-refractivity contribution in [2.75, 3.05) is 30.3 Å². The smallest absolute Gasteiger partial charge is 0.166 e. The molecule has 0 saturated carbocycles. The summed E-state index contributed by atoms with van der Waals surface area (Å²) in [6, 6.07) is 10.1. The summed E-state index contributed by atoms with van der Waals surface area (Å²) in [5.74, 6) is 1.04. The maximum Gasteiger partial charge on any atom is 0.416 e. The van der Waals surface area contributed by atoms with E-state index in [-0.39, 0.29) is 32.5 Å². The molecule has 2 aromatic carbocycles. The van der Waals surface area contributed by atoms with E-state index in [1.54, 1.807) is 30.5 Å². The Morgan fingerprint density at radius 2 is 1.89 bits per heavy atom. The fraction of sp³-hybridized carbons (Fsp3) is 0.280. The van der Waals surface area contributed by atoms with Gasteiger partial charge in [0, 0.05) is 0 Å². The molecule has 2 aromatic rings. The summed E-state index contributed by atoms with van der Waals surface area (Å²) in [6.07, 6.45) is -0.730. The molecule has 2 amide bonds. The van der Waals surface area contributed by atoms with Crippen LogP contribution in [0.4, 0.5) is 29.3 Å². The van der Waals surface area contributed by atoms with Crippen LogP contribution in [0.2, 0.25) is 0 Å². The fourth-order valence-electron chi connectivity index (χ4n) is 3.75. The molecule has 0 aliphatic carbocycles. The number of nitrogens with zero attached hydrogens (tertiary/aromatic N) is 2. The maximum absolute atomic E-state index is 13.1. The van der Waals surface area contributed by atoms with Crippen LogP contribution in [-0.4, -0.2) is 42.5 Å². The van der Waals surface area contributed by atoms with Gasteiger partial charge in [-0.05, 0) is 24.6 Å². The molecular weight excluding hydrogens is 586 g/mol. The normalized spacial score (nSPS) is 18.4. The van der Waals surface area contributed by atoms with Crippen molar-refractivity contribution in [2.24, 2.45) is 4.99 Å². The molecule has 2 aliphatic rings. The van der Waals surface area contributed by atoms with E-state index < -0.39 is 17.8 Å². The number of nitrogens with one attached hydrogen (secondary N) is 3. The Morgan fingerprint density at radius 3 is 2.61 bits per heavy atom. The third kappa shape index (κ3) is 6.78. The van der Waals surface area contributed by atoms with Gasteiger partial charge in [0.25, 0.3) is 0 Å². The van der Waals surface area contributed by atoms with Gasteiger partial charge in [0.2, 0.25) is 0 Å². The van der Waals surface area contributed by atoms with Crippen LogP contribution in [0.1, 0.15) is 18.1 Å². The van der Waals surface area contributed by atoms with Crippen molar-refractivity contribution < 1.29 is 43.9 Å². The van der Waals surface area contributed by atoms with Crippen LogP contribution in [-0.2, 0) is 6.18 Å². The van der Waals surface area contributed by atoms with E-state index in [4.69, 9.17) is 4.74 Å². The summed E-state index contributed by atoms with van der Waals surface area (Å²) < 4.78 is 48.7. The van der Waals surface area contributed by atoms with Crippen LogP contribution >= 0.6 is 0 Å². The molecule has 0 aromatic heterocycles. The van der Waals surface area contributed by atoms with Gasteiger partial charge in [-0.3, -0.25) is 0 Å². The van der Waals surface area contributed by atoms with Crippen LogP contribution in [0.25, 0.3) is 0 Å². The predicted molar refractivity (Wildman–Crippen MR) is 130 cm³/mol. The standard InChI is InChI=1S/C25H26F3IN5O2/c1-16-3-4-19(13-21(16)25(26,27)28)33-24(35)32-18-5-7-20(8-6-18)36-23-14-22(29-9-10-31-23)34-12-11-30-15-17(34)2/h3-10,13-14,17,30H,11-12,15H2,1-2H3,(H2,32,33,35)/q-1/t17-/m0/s1. The zero-order valence-corrected chi connectivity index (χ0v) is 21.9. The number of carbonyl (C=O) groups is 1. The van der Waals surface area contributed by atoms with Gasteiger partial charge in [-0.1, -0.05) is 6.07 Å². The third-order valence-corrected chi connectivity index (χ3v) is 7.84. The first-order valence-corrected chi connectivity index (χ1v) is 13.6. The Balaban J connectivity index is 1.37. The number of amides is 2. The second-order valence-electron chi connectivity index (χ2n) is 8.30. The van der Waals surface area contributed by atoms with Crippen molar-refractivity contribution >= 4 is 23.3 Å². The van der Waals surface area contributed by atoms with E-state index in [9.17, 15) is 18.0 Å². The van der Waals surface area contributed by atoms with Crippen LogP contribution in [0.15, 0.2) is 67.5 Å². The molecule has 2 aliphatic heterocycles. The summed E-state index contributed by atoms with van der Waals surface area (Å²) in [7, 11) is 0. The van der Waals surface area contributed by atoms with E-state index in [2.05, 4.69) is 36.8 Å². The van der Waals surface area contributed by atoms with Gasteiger partial charge in [0.1, 0.15) is 0 Å². The van der Waals surface area contributed by atoms with Crippen LogP contribution in [0.3, 0.4) is 0 Å². The van der Waals surface area contributed by atoms with Gasteiger partial charge in [-0.2, -0.15) is 13.2 Å². The number of ether oxygens (including phenoxy) is 1. The van der Waals surface area contributed by atoms with Gasteiger partial charge < -0.3 is 0 Å². The molecule has 1 fully saturated rings. The second-order valence-corrected chi connectivity index (χ2v) is 10.7. The number of aliphatic imine (C=N–C) groups is 1. The van der Waals surface area contributed by atoms with E-state index in [1.165, 1.54) is 22.8 Å². The molecule has 0 radical (unpaired) electrons. The molecule has 1 saturated heterocycles. The number of alkyl halides is 3. The number of anilines is 2. The van der Waals surface area contributed by atoms with Crippen molar-refractivity contribution in [1.82, 2.24) is 10.2 Å². The number of urea groups is 1. The first kappa shape index (κ1) is 26.0. The Morgan fingerprint density at radius 1 is 1.17 bits per heavy atom. The molecule has 36 heavy (non-hydrogen) atoms. The molecule has 11 heteroatoms. The number of halogens is 4. The number of rotatable bonds is 4. The Labute approximate surface area is 217 Å². The molecular formula is C25H26F3IN5O2-. The summed E-state index contributed by atoms with van der Waals surface area (Å²) >= 11 is -0.315. The van der Waals surface area contributed by atoms with Gasteiger partial charge in [-0.15, -0.1) is 0 Å². The van der Waals surface area contributed by atoms with Crippen molar-refractivity contribution in [3.05, 3.63) is 73.7 Å². The summed E-state index contributed by atoms with van der Waals surface area (Å²) in [5.41, 5.74) is -0.190. The molecule has 192 valence electrons. The molecule has 0 unspecified atom stereocenters. The Hall–Kier alpha value is -3.06. The molecule has 0 spiro atoms. The second kappa shape index (κ2) is 11.3. The SMILES string of the molecule is Cc1ccc(NC(=O)Nc2ccc(OC3=NC=C[I-]C(N4CCNC[C@@H]4C)=C3)cc2)cc1C(F)(F)F. The third-order valence-electron chi connectivity index (χ3n) is 5.59. The number of carbonyl (C=O) groups excluding carboxylic acids is 1. The largest absolute Gasteiger partial charge is 0.416 e. The number of hydrogen-bond acceptors (Lipinski definition) is 5. The minimum atomic E-state index is -4.49. The van der Waals surface area contributed by atoms with E-state index in [1.807, 2.05) is 6.08 Å². The minimum absolute atomic E-state index is 0.0500. The number of benzene rings is 2. The van der Waals surface area contributed by atoms with Gasteiger partial charge in [-0.25, -0.2) is 0 Å². The Bertz CT molecular complexity index is 1200. The number of hydrogen-bond donors (Lipinski definition) is 3. The number of aryl methyl sites for hydroxylation is 1. The van der Waals surface area contributed by atoms with E-state index in [0.29, 0.717) is 23.4 Å². The molecule has 1 atom stereocenters. The summed E-state index contributed by atoms with van der Waals surface area (Å²) in [4.78, 5) is 19.1. The van der Waals surface area contributed by atoms with Crippen LogP contribution in [0.5, 0.6) is 5.75 Å². The zero-order valence-electron chi connectivity index (χ0n) is 19.7. The number of piperazine rings is 1. The van der Waals surface area contributed by atoms with Gasteiger partial charge >= 0.3 is 169 Å². The molecule has 4 rings (SSSR count). The first-order valence-electron chi connectivity index (χ1n) is 11.3. The summed E-state index contributed by atoms with van der Waals surface area (Å²) in [6.45, 7) is 6.39. The monoisotopic (exact) mass is 612 g/mol. The average Bonchev–Trinajstić information content (AvgIpc) is 3.06. The minimum Gasteiger partial charge on any atom is -0.166 e. The van der Waals surface area contributed by atoms with Crippen molar-refractivity contribution in [2.45, 2.75) is 26.1 Å². The molecule has 3 N–H and O–H groups in total. The maximum atomic E-state index is 13.1. The molecule has 0 bridgehead atoms. The van der Waals surface area contributed by atoms with Crippen LogP contribution in [0, 0.1) is 6.92 Å². The topological polar surface area (TPSA) is 78.0 Å². The predicted octanol–water partition coefficient (Wildman–Crippen LogP) is 2.14. The average molecular weight is 612 g/mol. The van der Waals surface area contributed by atoms with E-state index in [0.717, 1.165) is 25.7 Å². The van der Waals surface area contributed by atoms with E-state index >= 15 is 0 Å².